The maximum absolute atomic E-state index is 13.1. The number of aromatic nitrogens is 4. The van der Waals surface area contributed by atoms with Gasteiger partial charge in [-0.3, -0.25) is 0 Å². The van der Waals surface area contributed by atoms with E-state index in [1.807, 2.05) is 38.1 Å². The second-order valence-corrected chi connectivity index (χ2v) is 9.32. The molecule has 1 saturated heterocycles. The van der Waals surface area contributed by atoms with Crippen molar-refractivity contribution in [2.45, 2.75) is 18.7 Å². The standard InChI is InChI=1S/C21H21N5O3S/c1-14-7-8-16(30(27,28)25-9-11-29-12-10-25)13-19(14)21-23-22-20-18-6-4-3-5-17(18)15(2)24-26(20)21/h3-8,13H,9-12H2,1-2H3. The van der Waals surface area contributed by atoms with Crippen LogP contribution in [0.4, 0.5) is 0 Å². The highest BCUT2D eigenvalue weighted by Crippen LogP contribution is 2.29. The minimum Gasteiger partial charge on any atom is -0.379 e. The van der Waals surface area contributed by atoms with Crippen LogP contribution in [0.15, 0.2) is 47.4 Å². The van der Waals surface area contributed by atoms with Gasteiger partial charge in [0.1, 0.15) is 0 Å². The lowest BCUT2D eigenvalue weighted by Gasteiger charge is -2.26. The van der Waals surface area contributed by atoms with E-state index in [9.17, 15) is 8.42 Å². The third-order valence-corrected chi connectivity index (χ3v) is 7.40. The van der Waals surface area contributed by atoms with Crippen LogP contribution in [0.3, 0.4) is 0 Å². The van der Waals surface area contributed by atoms with E-state index in [4.69, 9.17) is 4.74 Å². The lowest BCUT2D eigenvalue weighted by molar-refractivity contribution is 0.0730. The fraction of sp³-hybridized carbons (Fsp3) is 0.286. The summed E-state index contributed by atoms with van der Waals surface area (Å²) in [6, 6.07) is 13.0. The Labute approximate surface area is 174 Å². The predicted octanol–water partition coefficient (Wildman–Crippen LogP) is 2.58. The molecular formula is C21H21N5O3S. The number of hydrogen-bond donors (Lipinski definition) is 0. The van der Waals surface area contributed by atoms with Gasteiger partial charge in [-0.05, 0) is 31.5 Å². The van der Waals surface area contributed by atoms with E-state index >= 15 is 0 Å². The Bertz CT molecular complexity index is 1370. The molecule has 0 unspecified atom stereocenters. The second kappa shape index (κ2) is 7.12. The Balaban J connectivity index is 1.68. The largest absolute Gasteiger partial charge is 0.379 e. The minimum absolute atomic E-state index is 0.235. The molecule has 1 aliphatic rings. The average molecular weight is 423 g/mol. The van der Waals surface area contributed by atoms with Crippen LogP contribution in [-0.2, 0) is 14.8 Å². The Morgan fingerprint density at radius 2 is 1.70 bits per heavy atom. The van der Waals surface area contributed by atoms with E-state index in [0.717, 1.165) is 22.0 Å². The van der Waals surface area contributed by atoms with Gasteiger partial charge >= 0.3 is 0 Å². The Kier molecular flexibility index (Phi) is 4.53. The minimum atomic E-state index is -3.61. The first-order valence-electron chi connectivity index (χ1n) is 9.76. The number of aryl methyl sites for hydroxylation is 2. The van der Waals surface area contributed by atoms with E-state index in [1.165, 1.54) is 4.31 Å². The van der Waals surface area contributed by atoms with Crippen LogP contribution in [0.5, 0.6) is 0 Å². The summed E-state index contributed by atoms with van der Waals surface area (Å²) in [5.74, 6) is 0.524. The lowest BCUT2D eigenvalue weighted by Crippen LogP contribution is -2.40. The molecule has 9 heteroatoms. The maximum atomic E-state index is 13.1. The van der Waals surface area contributed by atoms with Crippen molar-refractivity contribution in [1.29, 1.82) is 0 Å². The van der Waals surface area contributed by atoms with Gasteiger partial charge in [0.2, 0.25) is 10.0 Å². The molecule has 0 N–H and O–H groups in total. The first-order valence-corrected chi connectivity index (χ1v) is 11.2. The molecule has 0 amide bonds. The van der Waals surface area contributed by atoms with Gasteiger partial charge in [0.25, 0.3) is 0 Å². The Morgan fingerprint density at radius 3 is 2.47 bits per heavy atom. The Morgan fingerprint density at radius 1 is 0.967 bits per heavy atom. The molecule has 3 heterocycles. The van der Waals surface area contributed by atoms with Crippen molar-refractivity contribution in [2.24, 2.45) is 0 Å². The van der Waals surface area contributed by atoms with Crippen LogP contribution in [0.2, 0.25) is 0 Å². The third-order valence-electron chi connectivity index (χ3n) is 5.51. The summed E-state index contributed by atoms with van der Waals surface area (Å²) in [5, 5.41) is 15.4. The molecule has 0 radical (unpaired) electrons. The molecule has 0 aliphatic carbocycles. The third kappa shape index (κ3) is 2.97. The van der Waals surface area contributed by atoms with Crippen LogP contribution in [0.25, 0.3) is 27.8 Å². The SMILES string of the molecule is Cc1ccc(S(=O)(=O)N2CCOCC2)cc1-c1nnc2c3ccccc3c(C)nn12. The number of fused-ring (bicyclic) bond motifs is 3. The van der Waals surface area contributed by atoms with Gasteiger partial charge in [-0.2, -0.15) is 13.9 Å². The maximum Gasteiger partial charge on any atom is 0.243 e. The van der Waals surface area contributed by atoms with E-state index in [2.05, 4.69) is 15.3 Å². The smallest absolute Gasteiger partial charge is 0.243 e. The number of morpholine rings is 1. The lowest BCUT2D eigenvalue weighted by atomic mass is 10.1. The topological polar surface area (TPSA) is 89.7 Å². The van der Waals surface area contributed by atoms with E-state index in [-0.39, 0.29) is 4.90 Å². The average Bonchev–Trinajstić information content (AvgIpc) is 3.18. The van der Waals surface area contributed by atoms with Crippen molar-refractivity contribution in [1.82, 2.24) is 24.1 Å². The van der Waals surface area contributed by atoms with Gasteiger partial charge in [-0.1, -0.05) is 30.3 Å². The summed E-state index contributed by atoms with van der Waals surface area (Å²) >= 11 is 0. The summed E-state index contributed by atoms with van der Waals surface area (Å²) in [5.41, 5.74) is 3.10. The van der Waals surface area contributed by atoms with Crippen molar-refractivity contribution >= 4 is 26.4 Å². The van der Waals surface area contributed by atoms with Crippen LogP contribution in [0, 0.1) is 13.8 Å². The summed E-state index contributed by atoms with van der Waals surface area (Å²) < 4.78 is 34.7. The van der Waals surface area contributed by atoms with Crippen molar-refractivity contribution in [3.63, 3.8) is 0 Å². The zero-order valence-electron chi connectivity index (χ0n) is 16.7. The van der Waals surface area contributed by atoms with E-state index in [1.54, 1.807) is 22.7 Å². The second-order valence-electron chi connectivity index (χ2n) is 7.38. The summed E-state index contributed by atoms with van der Waals surface area (Å²) in [6.07, 6.45) is 0. The van der Waals surface area contributed by atoms with Gasteiger partial charge in [-0.25, -0.2) is 8.42 Å². The molecule has 2 aromatic carbocycles. The number of nitrogens with zero attached hydrogens (tertiary/aromatic N) is 5. The van der Waals surface area contributed by atoms with Crippen molar-refractivity contribution in [2.75, 3.05) is 26.3 Å². The number of rotatable bonds is 3. The molecule has 5 rings (SSSR count). The van der Waals surface area contributed by atoms with Gasteiger partial charge < -0.3 is 4.74 Å². The summed E-state index contributed by atoms with van der Waals surface area (Å²) in [7, 11) is -3.61. The molecule has 4 aromatic rings. The van der Waals surface area contributed by atoms with Gasteiger partial charge in [0.15, 0.2) is 11.5 Å². The molecule has 30 heavy (non-hydrogen) atoms. The van der Waals surface area contributed by atoms with Crippen molar-refractivity contribution in [3.8, 4) is 11.4 Å². The number of sulfonamides is 1. The molecule has 8 nitrogen and oxygen atoms in total. The quantitative estimate of drug-likeness (QED) is 0.503. The molecule has 0 spiro atoms. The summed E-state index contributed by atoms with van der Waals surface area (Å²) in [6.45, 7) is 5.39. The van der Waals surface area contributed by atoms with Crippen LogP contribution < -0.4 is 0 Å². The highest BCUT2D eigenvalue weighted by molar-refractivity contribution is 7.89. The van der Waals surface area contributed by atoms with Gasteiger partial charge in [0.05, 0.1) is 23.8 Å². The fourth-order valence-electron chi connectivity index (χ4n) is 3.85. The molecule has 1 fully saturated rings. The zero-order chi connectivity index (χ0) is 20.9. The van der Waals surface area contributed by atoms with Crippen LogP contribution in [-0.4, -0.2) is 58.8 Å². The van der Waals surface area contributed by atoms with Gasteiger partial charge in [-0.15, -0.1) is 10.2 Å². The highest BCUT2D eigenvalue weighted by Gasteiger charge is 2.27. The molecule has 2 aromatic heterocycles. The molecule has 0 atom stereocenters. The van der Waals surface area contributed by atoms with Crippen molar-refractivity contribution in [3.05, 3.63) is 53.7 Å². The number of hydrogen-bond acceptors (Lipinski definition) is 6. The highest BCUT2D eigenvalue weighted by atomic mass is 32.2. The fourth-order valence-corrected chi connectivity index (χ4v) is 5.28. The molecule has 0 saturated carbocycles. The normalized spacial score (nSPS) is 15.8. The number of ether oxygens (including phenoxy) is 1. The zero-order valence-corrected chi connectivity index (χ0v) is 17.6. The summed E-state index contributed by atoms with van der Waals surface area (Å²) in [4.78, 5) is 0.235. The van der Waals surface area contributed by atoms with E-state index < -0.39 is 10.0 Å². The van der Waals surface area contributed by atoms with Crippen molar-refractivity contribution < 1.29 is 13.2 Å². The van der Waals surface area contributed by atoms with E-state index in [0.29, 0.717) is 43.3 Å². The van der Waals surface area contributed by atoms with Gasteiger partial charge in [0, 0.05) is 29.4 Å². The molecule has 1 aliphatic heterocycles. The monoisotopic (exact) mass is 423 g/mol. The molecule has 154 valence electrons. The first-order chi connectivity index (χ1) is 14.5. The predicted molar refractivity (Wildman–Crippen MR) is 113 cm³/mol. The number of benzene rings is 2. The first kappa shape index (κ1) is 19.1. The Hall–Kier alpha value is -2.88. The van der Waals surface area contributed by atoms with Crippen LogP contribution >= 0.6 is 0 Å². The van der Waals surface area contributed by atoms with Crippen LogP contribution in [0.1, 0.15) is 11.3 Å². The molecular weight excluding hydrogens is 402 g/mol. The molecule has 0 bridgehead atoms.